The summed E-state index contributed by atoms with van der Waals surface area (Å²) in [4.78, 5) is 11.0. The number of carbonyl (C=O) groups is 1. The zero-order valence-electron chi connectivity index (χ0n) is 10.9. The third-order valence-electron chi connectivity index (χ3n) is 2.45. The highest BCUT2D eigenvalue weighted by Crippen LogP contribution is 2.29. The van der Waals surface area contributed by atoms with E-state index in [-0.39, 0.29) is 11.2 Å². The van der Waals surface area contributed by atoms with Gasteiger partial charge in [0.1, 0.15) is 5.75 Å². The van der Waals surface area contributed by atoms with Crippen molar-refractivity contribution >= 4 is 18.6 Å². The molecule has 0 bridgehead atoms. The van der Waals surface area contributed by atoms with Crippen molar-refractivity contribution in [3.05, 3.63) is 29.8 Å². The molecule has 0 spiro atoms. The fourth-order valence-electron chi connectivity index (χ4n) is 1.53. The fourth-order valence-corrected chi connectivity index (χ4v) is 1.85. The Morgan fingerprint density at radius 1 is 1.39 bits per heavy atom. The second-order valence-corrected chi connectivity index (χ2v) is 4.70. The maximum atomic E-state index is 11.0. The predicted molar refractivity (Wildman–Crippen MR) is 75.2 cm³/mol. The summed E-state index contributed by atoms with van der Waals surface area (Å²) in [6, 6.07) is 7.41. The van der Waals surface area contributed by atoms with Gasteiger partial charge in [-0.1, -0.05) is 31.5 Å². The number of hydrogen-bond donors (Lipinski definition) is 1. The molecule has 0 heterocycles. The summed E-state index contributed by atoms with van der Waals surface area (Å²) in [6.07, 6.45) is 2.16. The molecule has 1 aromatic rings. The first-order valence-electron chi connectivity index (χ1n) is 6.18. The van der Waals surface area contributed by atoms with Crippen molar-refractivity contribution < 1.29 is 14.3 Å². The second kappa shape index (κ2) is 8.16. The molecule has 0 saturated carbocycles. The van der Waals surface area contributed by atoms with Crippen LogP contribution in [0.2, 0.25) is 0 Å². The Morgan fingerprint density at radius 3 is 2.78 bits per heavy atom. The number of esters is 1. The molecule has 0 aromatic heterocycles. The van der Waals surface area contributed by atoms with Crippen molar-refractivity contribution in [2.24, 2.45) is 0 Å². The molecule has 18 heavy (non-hydrogen) atoms. The Balaban J connectivity index is 2.60. The number of carbonyl (C=O) groups excluding carboxylic acids is 1. The first kappa shape index (κ1) is 15.1. The second-order valence-electron chi connectivity index (χ2n) is 4.08. The van der Waals surface area contributed by atoms with Crippen LogP contribution >= 0.6 is 12.6 Å². The molecule has 1 unspecified atom stereocenters. The number of benzene rings is 1. The lowest BCUT2D eigenvalue weighted by molar-refractivity contribution is -0.131. The minimum absolute atomic E-state index is 0.0857. The number of para-hydroxylation sites is 1. The molecule has 1 aromatic carbocycles. The lowest BCUT2D eigenvalue weighted by Crippen LogP contribution is -2.08. The third kappa shape index (κ3) is 5.10. The van der Waals surface area contributed by atoms with Crippen molar-refractivity contribution in [3.63, 3.8) is 0 Å². The van der Waals surface area contributed by atoms with E-state index in [1.54, 1.807) is 6.07 Å². The maximum Gasteiger partial charge on any atom is 0.308 e. The molecule has 3 nitrogen and oxygen atoms in total. The number of unbranched alkanes of at least 4 members (excludes halogenated alkanes) is 1. The molecule has 0 N–H and O–H groups in total. The van der Waals surface area contributed by atoms with Crippen LogP contribution in [0.5, 0.6) is 5.75 Å². The maximum absolute atomic E-state index is 11.0. The number of thiol groups is 1. The van der Waals surface area contributed by atoms with Gasteiger partial charge in [0.25, 0.3) is 0 Å². The standard InChI is InChI=1S/C14H20O3S/c1-3-4-9-16-10-14(18)12-7-5-6-8-13(12)17-11(2)15/h5-8,14,18H,3-4,9-10H2,1-2H3. The van der Waals surface area contributed by atoms with Crippen LogP contribution in [0.4, 0.5) is 0 Å². The molecule has 0 amide bonds. The molecule has 100 valence electrons. The van der Waals surface area contributed by atoms with Crippen LogP contribution in [0, 0.1) is 0 Å². The van der Waals surface area contributed by atoms with E-state index in [1.807, 2.05) is 18.2 Å². The monoisotopic (exact) mass is 268 g/mol. The molecule has 1 rings (SSSR count). The molecule has 0 aliphatic rings. The van der Waals surface area contributed by atoms with E-state index in [9.17, 15) is 4.79 Å². The van der Waals surface area contributed by atoms with Gasteiger partial charge in [0.05, 0.1) is 11.9 Å². The van der Waals surface area contributed by atoms with Gasteiger partial charge < -0.3 is 9.47 Å². The summed E-state index contributed by atoms with van der Waals surface area (Å²) in [7, 11) is 0. The first-order valence-corrected chi connectivity index (χ1v) is 6.70. The molecule has 0 aliphatic heterocycles. The van der Waals surface area contributed by atoms with Crippen molar-refractivity contribution in [1.82, 2.24) is 0 Å². The summed E-state index contributed by atoms with van der Waals surface area (Å²) in [6.45, 7) is 4.77. The lowest BCUT2D eigenvalue weighted by Gasteiger charge is -2.15. The quantitative estimate of drug-likeness (QED) is 0.356. The third-order valence-corrected chi connectivity index (χ3v) is 2.88. The predicted octanol–water partition coefficient (Wildman–Crippen LogP) is 3.40. The van der Waals surface area contributed by atoms with Gasteiger partial charge in [-0.3, -0.25) is 4.79 Å². The molecular weight excluding hydrogens is 248 g/mol. The van der Waals surface area contributed by atoms with Crippen molar-refractivity contribution in [2.45, 2.75) is 31.9 Å². The molecular formula is C14H20O3S. The Bertz CT molecular complexity index is 379. The van der Waals surface area contributed by atoms with E-state index in [0.29, 0.717) is 12.4 Å². The summed E-state index contributed by atoms with van der Waals surface area (Å²) >= 11 is 4.50. The minimum Gasteiger partial charge on any atom is -0.426 e. The molecule has 0 fully saturated rings. The Labute approximate surface area is 114 Å². The van der Waals surface area contributed by atoms with E-state index in [1.165, 1.54) is 6.92 Å². The normalized spacial score (nSPS) is 12.2. The lowest BCUT2D eigenvalue weighted by atomic mass is 10.1. The number of rotatable bonds is 7. The average molecular weight is 268 g/mol. The van der Waals surface area contributed by atoms with Crippen LogP contribution in [-0.4, -0.2) is 19.2 Å². The minimum atomic E-state index is -0.324. The van der Waals surface area contributed by atoms with Gasteiger partial charge in [-0.25, -0.2) is 0 Å². The van der Waals surface area contributed by atoms with Crippen LogP contribution in [0.1, 0.15) is 37.5 Å². The first-order chi connectivity index (χ1) is 8.65. The topological polar surface area (TPSA) is 35.5 Å². The number of ether oxygens (including phenoxy) is 2. The highest BCUT2D eigenvalue weighted by Gasteiger charge is 2.13. The smallest absolute Gasteiger partial charge is 0.308 e. The van der Waals surface area contributed by atoms with E-state index >= 15 is 0 Å². The highest BCUT2D eigenvalue weighted by atomic mass is 32.1. The summed E-state index contributed by atoms with van der Waals surface area (Å²) in [5.74, 6) is 0.235. The van der Waals surface area contributed by atoms with Gasteiger partial charge in [-0.15, -0.1) is 0 Å². The van der Waals surface area contributed by atoms with Gasteiger partial charge in [0.15, 0.2) is 0 Å². The van der Waals surface area contributed by atoms with E-state index in [2.05, 4.69) is 19.6 Å². The van der Waals surface area contributed by atoms with Crippen LogP contribution in [0.3, 0.4) is 0 Å². The Hall–Kier alpha value is -1.00. The Morgan fingerprint density at radius 2 is 2.11 bits per heavy atom. The van der Waals surface area contributed by atoms with Gasteiger partial charge in [-0.05, 0) is 12.5 Å². The fraction of sp³-hybridized carbons (Fsp3) is 0.500. The van der Waals surface area contributed by atoms with Crippen molar-refractivity contribution in [1.29, 1.82) is 0 Å². The van der Waals surface area contributed by atoms with E-state index < -0.39 is 0 Å². The summed E-state index contributed by atoms with van der Waals surface area (Å²) in [5.41, 5.74) is 0.882. The van der Waals surface area contributed by atoms with Crippen molar-refractivity contribution in [2.75, 3.05) is 13.2 Å². The molecule has 4 heteroatoms. The number of hydrogen-bond acceptors (Lipinski definition) is 4. The largest absolute Gasteiger partial charge is 0.426 e. The van der Waals surface area contributed by atoms with Gasteiger partial charge in [0.2, 0.25) is 0 Å². The molecule has 0 saturated heterocycles. The molecule has 0 radical (unpaired) electrons. The summed E-state index contributed by atoms with van der Waals surface area (Å²) < 4.78 is 10.7. The van der Waals surface area contributed by atoms with E-state index in [4.69, 9.17) is 9.47 Å². The van der Waals surface area contributed by atoms with Gasteiger partial charge >= 0.3 is 5.97 Å². The van der Waals surface area contributed by atoms with E-state index in [0.717, 1.165) is 25.0 Å². The average Bonchev–Trinajstić information content (AvgIpc) is 2.34. The van der Waals surface area contributed by atoms with Crippen molar-refractivity contribution in [3.8, 4) is 5.75 Å². The van der Waals surface area contributed by atoms with Gasteiger partial charge in [-0.2, -0.15) is 12.6 Å². The Kier molecular flexibility index (Phi) is 6.83. The van der Waals surface area contributed by atoms with Crippen LogP contribution in [-0.2, 0) is 9.53 Å². The highest BCUT2D eigenvalue weighted by molar-refractivity contribution is 7.80. The molecule has 1 atom stereocenters. The van der Waals surface area contributed by atoms with Gasteiger partial charge in [0, 0.05) is 19.1 Å². The zero-order valence-corrected chi connectivity index (χ0v) is 11.8. The van der Waals surface area contributed by atoms with Crippen LogP contribution in [0.25, 0.3) is 0 Å². The molecule has 0 aliphatic carbocycles. The summed E-state index contributed by atoms with van der Waals surface area (Å²) in [5, 5.41) is -0.0857. The van der Waals surface area contributed by atoms with Crippen LogP contribution < -0.4 is 4.74 Å². The van der Waals surface area contributed by atoms with Crippen LogP contribution in [0.15, 0.2) is 24.3 Å². The zero-order chi connectivity index (χ0) is 13.4. The SMILES string of the molecule is CCCCOCC(S)c1ccccc1OC(C)=O.